The molecule has 0 saturated heterocycles. The van der Waals surface area contributed by atoms with Crippen molar-refractivity contribution in [3.05, 3.63) is 71.7 Å². The molecule has 8 heteroatoms. The predicted octanol–water partition coefficient (Wildman–Crippen LogP) is 4.34. The van der Waals surface area contributed by atoms with Gasteiger partial charge in [-0.3, -0.25) is 4.79 Å². The van der Waals surface area contributed by atoms with Gasteiger partial charge in [0, 0.05) is 6.42 Å². The van der Waals surface area contributed by atoms with Crippen LogP contribution in [0.4, 0.5) is 13.2 Å². The van der Waals surface area contributed by atoms with Crippen LogP contribution in [0.1, 0.15) is 29.4 Å². The summed E-state index contributed by atoms with van der Waals surface area (Å²) in [7, 11) is 0. The van der Waals surface area contributed by atoms with Crippen molar-refractivity contribution in [2.75, 3.05) is 6.54 Å². The number of halogens is 3. The van der Waals surface area contributed by atoms with Crippen molar-refractivity contribution in [2.24, 2.45) is 0 Å². The highest BCUT2D eigenvalue weighted by molar-refractivity contribution is 5.76. The van der Waals surface area contributed by atoms with E-state index in [9.17, 15) is 23.1 Å². The van der Waals surface area contributed by atoms with E-state index in [1.54, 1.807) is 24.3 Å². The number of amides is 1. The molecule has 0 aliphatic heterocycles. The second-order valence-electron chi connectivity index (χ2n) is 6.19. The second kappa shape index (κ2) is 8.35. The highest BCUT2D eigenvalue weighted by Crippen LogP contribution is 2.29. The lowest BCUT2D eigenvalue weighted by molar-refractivity contribution is -0.137. The van der Waals surface area contributed by atoms with Crippen LogP contribution in [0.5, 0.6) is 0 Å². The summed E-state index contributed by atoms with van der Waals surface area (Å²) in [6.45, 7) is -0.0447. The van der Waals surface area contributed by atoms with E-state index in [4.69, 9.17) is 8.83 Å². The number of aryl methyl sites for hydroxylation is 1. The minimum Gasteiger partial charge on any atom is -0.461 e. The van der Waals surface area contributed by atoms with Crippen molar-refractivity contribution < 1.29 is 31.9 Å². The van der Waals surface area contributed by atoms with E-state index in [0.717, 1.165) is 12.1 Å². The monoisotopic (exact) mass is 393 g/mol. The van der Waals surface area contributed by atoms with Gasteiger partial charge in [0.25, 0.3) is 0 Å². The molecule has 0 spiro atoms. The summed E-state index contributed by atoms with van der Waals surface area (Å²) in [6.07, 6.45) is -3.52. The highest BCUT2D eigenvalue weighted by atomic mass is 19.4. The molecular weight excluding hydrogens is 375 g/mol. The minimum atomic E-state index is -4.38. The van der Waals surface area contributed by atoms with Gasteiger partial charge in [-0.1, -0.05) is 12.1 Å². The van der Waals surface area contributed by atoms with Crippen molar-refractivity contribution in [3.63, 3.8) is 0 Å². The van der Waals surface area contributed by atoms with Crippen molar-refractivity contribution in [1.82, 2.24) is 5.32 Å². The molecule has 0 radical (unpaired) electrons. The Balaban J connectivity index is 1.45. The zero-order chi connectivity index (χ0) is 20.1. The van der Waals surface area contributed by atoms with E-state index in [-0.39, 0.29) is 24.6 Å². The van der Waals surface area contributed by atoms with Gasteiger partial charge in [-0.25, -0.2) is 0 Å². The molecule has 5 nitrogen and oxygen atoms in total. The standard InChI is InChI=1S/C20H18F3NO4/c21-20(22,23)14-6-3-13(4-7-14)5-10-19(26)24-12-15(25)16-8-9-18(28-16)17-2-1-11-27-17/h1-4,6-9,11,15,25H,5,10,12H2,(H,24,26). The van der Waals surface area contributed by atoms with Gasteiger partial charge in [0.1, 0.15) is 11.9 Å². The van der Waals surface area contributed by atoms with E-state index >= 15 is 0 Å². The predicted molar refractivity (Wildman–Crippen MR) is 94.1 cm³/mol. The SMILES string of the molecule is O=C(CCc1ccc(C(F)(F)F)cc1)NCC(O)c1ccc(-c2ccco2)o1. The Hall–Kier alpha value is -3.00. The molecule has 3 rings (SSSR count). The molecule has 1 amide bonds. The quantitative estimate of drug-likeness (QED) is 0.626. The average Bonchev–Trinajstić information content (AvgIpc) is 3.35. The van der Waals surface area contributed by atoms with Crippen LogP contribution in [0.2, 0.25) is 0 Å². The Kier molecular flexibility index (Phi) is 5.89. The zero-order valence-corrected chi connectivity index (χ0v) is 14.7. The molecule has 0 bridgehead atoms. The molecular formula is C20H18F3NO4. The Morgan fingerprint density at radius 1 is 1.07 bits per heavy atom. The summed E-state index contributed by atoms with van der Waals surface area (Å²) in [6, 6.07) is 11.4. The molecule has 148 valence electrons. The third kappa shape index (κ3) is 5.04. The highest BCUT2D eigenvalue weighted by Gasteiger charge is 2.29. The lowest BCUT2D eigenvalue weighted by atomic mass is 10.1. The summed E-state index contributed by atoms with van der Waals surface area (Å²) in [4.78, 5) is 11.9. The molecule has 2 heterocycles. The third-order valence-electron chi connectivity index (χ3n) is 4.13. The van der Waals surface area contributed by atoms with Crippen LogP contribution in [-0.4, -0.2) is 17.6 Å². The van der Waals surface area contributed by atoms with Crippen molar-refractivity contribution in [2.45, 2.75) is 25.1 Å². The molecule has 0 aliphatic rings. The van der Waals surface area contributed by atoms with Crippen LogP contribution >= 0.6 is 0 Å². The topological polar surface area (TPSA) is 75.6 Å². The van der Waals surface area contributed by atoms with Crippen molar-refractivity contribution >= 4 is 5.91 Å². The van der Waals surface area contributed by atoms with E-state index in [1.165, 1.54) is 18.4 Å². The molecule has 1 aromatic carbocycles. The van der Waals surface area contributed by atoms with Crippen LogP contribution in [-0.2, 0) is 17.4 Å². The van der Waals surface area contributed by atoms with Gasteiger partial charge in [-0.15, -0.1) is 0 Å². The van der Waals surface area contributed by atoms with Gasteiger partial charge >= 0.3 is 6.18 Å². The molecule has 3 aromatic rings. The first-order valence-electron chi connectivity index (χ1n) is 8.57. The summed E-state index contributed by atoms with van der Waals surface area (Å²) in [5.41, 5.74) is -0.103. The van der Waals surface area contributed by atoms with E-state index < -0.39 is 17.8 Å². The van der Waals surface area contributed by atoms with Crippen LogP contribution in [0.15, 0.2) is 63.6 Å². The largest absolute Gasteiger partial charge is 0.461 e. The Bertz CT molecular complexity index is 898. The zero-order valence-electron chi connectivity index (χ0n) is 14.7. The fourth-order valence-electron chi connectivity index (χ4n) is 2.60. The molecule has 0 aliphatic carbocycles. The number of hydrogen-bond donors (Lipinski definition) is 2. The lowest BCUT2D eigenvalue weighted by Crippen LogP contribution is -2.28. The molecule has 0 saturated carbocycles. The lowest BCUT2D eigenvalue weighted by Gasteiger charge is -2.10. The van der Waals surface area contributed by atoms with Gasteiger partial charge in [-0.2, -0.15) is 13.2 Å². The first kappa shape index (κ1) is 19.8. The Morgan fingerprint density at radius 3 is 2.46 bits per heavy atom. The number of aliphatic hydroxyl groups excluding tert-OH is 1. The van der Waals surface area contributed by atoms with Crippen LogP contribution in [0.25, 0.3) is 11.5 Å². The Morgan fingerprint density at radius 2 is 1.82 bits per heavy atom. The fraction of sp³-hybridized carbons (Fsp3) is 0.250. The fourth-order valence-corrected chi connectivity index (χ4v) is 2.60. The molecule has 2 aromatic heterocycles. The number of rotatable bonds is 7. The maximum absolute atomic E-state index is 12.5. The number of alkyl halides is 3. The Labute approximate surface area is 158 Å². The molecule has 0 fully saturated rings. The number of nitrogens with one attached hydrogen (secondary N) is 1. The summed E-state index contributed by atoms with van der Waals surface area (Å²) < 4.78 is 48.3. The average molecular weight is 393 g/mol. The number of aliphatic hydroxyl groups is 1. The first-order valence-corrected chi connectivity index (χ1v) is 8.57. The van der Waals surface area contributed by atoms with Gasteiger partial charge in [-0.05, 0) is 48.4 Å². The molecule has 1 atom stereocenters. The van der Waals surface area contributed by atoms with Gasteiger partial charge in [0.2, 0.25) is 5.91 Å². The third-order valence-corrected chi connectivity index (χ3v) is 4.13. The summed E-state index contributed by atoms with van der Waals surface area (Å²) in [5, 5.41) is 12.7. The number of furan rings is 2. The first-order chi connectivity index (χ1) is 13.3. The van der Waals surface area contributed by atoms with Gasteiger partial charge in [0.15, 0.2) is 11.5 Å². The maximum Gasteiger partial charge on any atom is 0.416 e. The molecule has 2 N–H and O–H groups in total. The molecule has 28 heavy (non-hydrogen) atoms. The van der Waals surface area contributed by atoms with E-state index in [1.807, 2.05) is 0 Å². The van der Waals surface area contributed by atoms with Crippen LogP contribution in [0, 0.1) is 0 Å². The summed E-state index contributed by atoms with van der Waals surface area (Å²) in [5.74, 6) is 0.956. The second-order valence-corrected chi connectivity index (χ2v) is 6.19. The molecule has 1 unspecified atom stereocenters. The van der Waals surface area contributed by atoms with Crippen LogP contribution < -0.4 is 5.32 Å². The van der Waals surface area contributed by atoms with Crippen molar-refractivity contribution in [1.29, 1.82) is 0 Å². The number of carbonyl (C=O) groups is 1. The van der Waals surface area contributed by atoms with Gasteiger partial charge < -0.3 is 19.3 Å². The number of benzene rings is 1. The number of hydrogen-bond acceptors (Lipinski definition) is 4. The van der Waals surface area contributed by atoms with Gasteiger partial charge in [0.05, 0.1) is 18.4 Å². The summed E-state index contributed by atoms with van der Waals surface area (Å²) >= 11 is 0. The maximum atomic E-state index is 12.5. The van der Waals surface area contributed by atoms with E-state index in [0.29, 0.717) is 23.5 Å². The smallest absolute Gasteiger partial charge is 0.416 e. The number of carbonyl (C=O) groups excluding carboxylic acids is 1. The van der Waals surface area contributed by atoms with Crippen molar-refractivity contribution in [3.8, 4) is 11.5 Å². The van der Waals surface area contributed by atoms with Crippen LogP contribution in [0.3, 0.4) is 0 Å². The van der Waals surface area contributed by atoms with E-state index in [2.05, 4.69) is 5.32 Å². The normalized spacial score (nSPS) is 12.7. The minimum absolute atomic E-state index is 0.0447.